The molecule has 6 N–H and O–H groups in total. The van der Waals surface area contributed by atoms with E-state index in [0.717, 1.165) is 6.07 Å². The number of hydrogen-bond donors (Lipinski definition) is 4. The van der Waals surface area contributed by atoms with E-state index < -0.39 is 44.0 Å². The molecule has 0 atom stereocenters. The highest BCUT2D eigenvalue weighted by atomic mass is 32.2. The topological polar surface area (TPSA) is 173 Å². The van der Waals surface area contributed by atoms with E-state index in [2.05, 4.69) is 25.6 Å². The van der Waals surface area contributed by atoms with Crippen molar-refractivity contribution in [3.05, 3.63) is 47.7 Å². The minimum absolute atomic E-state index is 0.0156. The van der Waals surface area contributed by atoms with Gasteiger partial charge in [0.15, 0.2) is 0 Å². The quantitative estimate of drug-likeness (QED) is 0.368. The van der Waals surface area contributed by atoms with Crippen LogP contribution in [0.15, 0.2) is 41.3 Å². The van der Waals surface area contributed by atoms with Gasteiger partial charge in [-0.1, -0.05) is 24.3 Å². The monoisotopic (exact) mass is 451 g/mol. The Morgan fingerprint density at radius 2 is 1.84 bits per heavy atom. The van der Waals surface area contributed by atoms with E-state index in [9.17, 15) is 26.4 Å². The van der Waals surface area contributed by atoms with Crippen LogP contribution in [0.25, 0.3) is 33.4 Å². The molecule has 14 heteroatoms. The summed E-state index contributed by atoms with van der Waals surface area (Å²) in [5, 5.41) is 18.4. The van der Waals surface area contributed by atoms with Gasteiger partial charge in [0, 0.05) is 10.9 Å². The van der Waals surface area contributed by atoms with Crippen LogP contribution in [0.5, 0.6) is 0 Å². The number of nitrogens with two attached hydrogens (primary N) is 2. The summed E-state index contributed by atoms with van der Waals surface area (Å²) in [5.74, 6) is -1.16. The van der Waals surface area contributed by atoms with Crippen molar-refractivity contribution in [2.24, 2.45) is 10.9 Å². The van der Waals surface area contributed by atoms with Crippen LogP contribution in [-0.2, 0) is 16.2 Å². The number of fused-ring (bicyclic) bond motifs is 1. The summed E-state index contributed by atoms with van der Waals surface area (Å²) in [7, 11) is -4.89. The number of nitrogens with zero attached hydrogens (tertiary/aromatic N) is 3. The van der Waals surface area contributed by atoms with E-state index >= 15 is 0 Å². The number of rotatable bonds is 4. The maximum atomic E-state index is 13.6. The van der Waals surface area contributed by atoms with E-state index in [1.807, 2.05) is 0 Å². The van der Waals surface area contributed by atoms with Gasteiger partial charge in [-0.25, -0.2) is 13.6 Å². The summed E-state index contributed by atoms with van der Waals surface area (Å²) >= 11 is 0. The molecule has 0 bridgehead atoms. The van der Waals surface area contributed by atoms with Gasteiger partial charge in [0.05, 0.1) is 16.6 Å². The van der Waals surface area contributed by atoms with Crippen LogP contribution in [0.3, 0.4) is 0 Å². The summed E-state index contributed by atoms with van der Waals surface area (Å²) in [6, 6.07) is 7.87. The first-order chi connectivity index (χ1) is 14.5. The number of carbonyl (C=O) groups excluding carboxylic acids is 1. The number of carbonyl (C=O) groups is 1. The molecule has 0 aliphatic carbocycles. The van der Waals surface area contributed by atoms with Crippen LogP contribution < -0.4 is 10.9 Å². The fraction of sp³-hybridized carbons (Fsp3) is 0.0588. The van der Waals surface area contributed by atoms with E-state index in [-0.39, 0.29) is 16.8 Å². The molecule has 2 aromatic carbocycles. The van der Waals surface area contributed by atoms with E-state index in [0.29, 0.717) is 17.0 Å². The molecule has 31 heavy (non-hydrogen) atoms. The zero-order valence-electron chi connectivity index (χ0n) is 15.2. The van der Waals surface area contributed by atoms with Crippen LogP contribution in [-0.4, -0.2) is 39.9 Å². The van der Waals surface area contributed by atoms with Crippen molar-refractivity contribution in [3.63, 3.8) is 0 Å². The Balaban J connectivity index is 2.17. The van der Waals surface area contributed by atoms with Gasteiger partial charge in [0.1, 0.15) is 10.6 Å². The molecule has 0 radical (unpaired) electrons. The Kier molecular flexibility index (Phi) is 4.55. The lowest BCUT2D eigenvalue weighted by Crippen LogP contribution is -2.21. The highest BCUT2D eigenvalue weighted by Gasteiger charge is 2.40. The van der Waals surface area contributed by atoms with Gasteiger partial charge in [0.25, 0.3) is 5.91 Å². The average molecular weight is 451 g/mol. The Hall–Kier alpha value is -3.78. The summed E-state index contributed by atoms with van der Waals surface area (Å²) in [4.78, 5) is 13.1. The van der Waals surface area contributed by atoms with Crippen molar-refractivity contribution in [1.29, 1.82) is 0 Å². The van der Waals surface area contributed by atoms with Crippen molar-refractivity contribution in [2.75, 3.05) is 0 Å². The van der Waals surface area contributed by atoms with Gasteiger partial charge in [-0.05, 0) is 22.9 Å². The standard InChI is InChI=1S/C17H12F3N7O3S/c18-17(19,20)10-5-4-8(12(14(10)31(22,29)30)16-24-26-27-25-16)9-3-1-2-7-6-11(15(21)28)23-13(7)9/h1-6,23H,(H2,21,28)(H2,22,29,30)(H,24,25,26,27). The molecule has 0 spiro atoms. The van der Waals surface area contributed by atoms with Gasteiger partial charge >= 0.3 is 6.18 Å². The molecular weight excluding hydrogens is 439 g/mol. The van der Waals surface area contributed by atoms with Crippen molar-refractivity contribution in [2.45, 2.75) is 11.1 Å². The normalized spacial score (nSPS) is 12.4. The molecule has 160 valence electrons. The minimum atomic E-state index is -5.03. The molecule has 0 saturated carbocycles. The smallest absolute Gasteiger partial charge is 0.364 e. The molecule has 10 nitrogen and oxygen atoms in total. The van der Waals surface area contributed by atoms with Gasteiger partial charge in [-0.3, -0.25) is 4.79 Å². The molecule has 4 aromatic rings. The van der Waals surface area contributed by atoms with Crippen LogP contribution in [0, 0.1) is 0 Å². The van der Waals surface area contributed by atoms with Gasteiger partial charge < -0.3 is 10.7 Å². The van der Waals surface area contributed by atoms with Crippen molar-refractivity contribution < 1.29 is 26.4 Å². The number of aromatic amines is 2. The second-order valence-electron chi connectivity index (χ2n) is 6.46. The molecule has 0 aliphatic heterocycles. The summed E-state index contributed by atoms with van der Waals surface area (Å²) in [6.07, 6.45) is -5.03. The number of alkyl halides is 3. The van der Waals surface area contributed by atoms with Gasteiger partial charge in [0.2, 0.25) is 15.8 Å². The third kappa shape index (κ3) is 3.51. The van der Waals surface area contributed by atoms with Crippen LogP contribution in [0.1, 0.15) is 16.1 Å². The van der Waals surface area contributed by atoms with Crippen molar-refractivity contribution in [1.82, 2.24) is 25.6 Å². The first-order valence-corrected chi connectivity index (χ1v) is 9.96. The lowest BCUT2D eigenvalue weighted by Gasteiger charge is -2.18. The average Bonchev–Trinajstić information content (AvgIpc) is 3.34. The lowest BCUT2D eigenvalue weighted by atomic mass is 9.95. The zero-order valence-corrected chi connectivity index (χ0v) is 16.0. The SMILES string of the molecule is NC(=O)c1cc2cccc(-c3ccc(C(F)(F)F)c(S(N)(=O)=O)c3-c3nn[nH]n3)c2[nH]1. The van der Waals surface area contributed by atoms with Gasteiger partial charge in [-0.15, -0.1) is 10.2 Å². The fourth-order valence-electron chi connectivity index (χ4n) is 3.33. The number of sulfonamides is 1. The number of halogens is 3. The molecule has 0 fully saturated rings. The molecule has 0 saturated heterocycles. The third-order valence-electron chi connectivity index (χ3n) is 4.53. The first-order valence-electron chi connectivity index (χ1n) is 8.41. The second kappa shape index (κ2) is 6.88. The van der Waals surface area contributed by atoms with E-state index in [4.69, 9.17) is 10.9 Å². The number of aromatic nitrogens is 5. The summed E-state index contributed by atoms with van der Waals surface area (Å²) in [5.41, 5.74) is 4.00. The highest BCUT2D eigenvalue weighted by molar-refractivity contribution is 7.89. The van der Waals surface area contributed by atoms with Crippen LogP contribution >= 0.6 is 0 Å². The number of amides is 1. The molecule has 4 rings (SSSR count). The Labute approximate surface area is 171 Å². The number of primary sulfonamides is 1. The van der Waals surface area contributed by atoms with Crippen LogP contribution in [0.4, 0.5) is 13.2 Å². The maximum Gasteiger partial charge on any atom is 0.417 e. The molecule has 2 heterocycles. The van der Waals surface area contributed by atoms with E-state index in [1.165, 1.54) is 12.1 Å². The number of primary amides is 1. The number of tetrazole rings is 1. The fourth-order valence-corrected chi connectivity index (χ4v) is 4.31. The number of nitrogens with one attached hydrogen (secondary N) is 2. The molecule has 2 aromatic heterocycles. The van der Waals surface area contributed by atoms with E-state index in [1.54, 1.807) is 12.1 Å². The minimum Gasteiger partial charge on any atom is -0.364 e. The Bertz CT molecular complexity index is 1430. The Morgan fingerprint density at radius 1 is 1.10 bits per heavy atom. The summed E-state index contributed by atoms with van der Waals surface area (Å²) in [6.45, 7) is 0. The predicted octanol–water partition coefficient (Wildman–Crippen LogP) is 1.78. The van der Waals surface area contributed by atoms with Crippen molar-refractivity contribution in [3.8, 4) is 22.5 Å². The first kappa shape index (κ1) is 20.5. The third-order valence-corrected chi connectivity index (χ3v) is 5.52. The zero-order chi connectivity index (χ0) is 22.6. The maximum absolute atomic E-state index is 13.6. The van der Waals surface area contributed by atoms with Crippen LogP contribution in [0.2, 0.25) is 0 Å². The number of benzene rings is 2. The number of H-pyrrole nitrogens is 2. The molecule has 0 aliphatic rings. The molecule has 0 unspecified atom stereocenters. The predicted molar refractivity (Wildman–Crippen MR) is 102 cm³/mol. The number of para-hydroxylation sites is 1. The molecule has 1 amide bonds. The Morgan fingerprint density at radius 3 is 2.42 bits per heavy atom. The highest BCUT2D eigenvalue weighted by Crippen LogP contribution is 2.44. The van der Waals surface area contributed by atoms with Gasteiger partial charge in [-0.2, -0.15) is 18.4 Å². The van der Waals surface area contributed by atoms with Crippen molar-refractivity contribution >= 4 is 26.8 Å². The second-order valence-corrected chi connectivity index (χ2v) is 7.96. The largest absolute Gasteiger partial charge is 0.417 e. The number of hydrogen-bond acceptors (Lipinski definition) is 6. The molecular formula is C17H12F3N7O3S. The summed E-state index contributed by atoms with van der Waals surface area (Å²) < 4.78 is 65.5. The lowest BCUT2D eigenvalue weighted by molar-refractivity contribution is -0.139.